The van der Waals surface area contributed by atoms with Crippen molar-refractivity contribution in [3.63, 3.8) is 0 Å². The molecule has 2 aliphatic rings. The van der Waals surface area contributed by atoms with Crippen molar-refractivity contribution < 1.29 is 30.3 Å². The Kier molecular flexibility index (Phi) is 6.02. The molecule has 1 heterocycles. The Balaban J connectivity index is 1.74. The largest absolute Gasteiger partial charge is 0.508 e. The molecule has 7 heteroatoms. The standard InChI is InChI=1S/C19H23ClO6/c20-14-6-3-11(8-12(14)7-10-1-4-13(22)5-2-10)19-18(25)17(24)16(23)15(9-21)26-19/h1-6,11,15-19,21-25H,7-9H2. The lowest BCUT2D eigenvalue weighted by Gasteiger charge is -2.43. The van der Waals surface area contributed by atoms with E-state index in [0.717, 1.165) is 11.1 Å². The van der Waals surface area contributed by atoms with Crippen molar-refractivity contribution >= 4 is 11.6 Å². The van der Waals surface area contributed by atoms with Crippen LogP contribution in [0.5, 0.6) is 5.75 Å². The van der Waals surface area contributed by atoms with E-state index in [1.54, 1.807) is 18.2 Å². The number of hydrogen-bond acceptors (Lipinski definition) is 6. The molecule has 0 radical (unpaired) electrons. The predicted molar refractivity (Wildman–Crippen MR) is 95.7 cm³/mol. The Hall–Kier alpha value is -1.41. The van der Waals surface area contributed by atoms with E-state index in [2.05, 4.69) is 0 Å². The Labute approximate surface area is 156 Å². The maximum atomic E-state index is 10.3. The minimum absolute atomic E-state index is 0.191. The zero-order chi connectivity index (χ0) is 18.8. The topological polar surface area (TPSA) is 110 Å². The molecule has 1 aromatic rings. The molecule has 6 atom stereocenters. The van der Waals surface area contributed by atoms with Crippen LogP contribution in [0.25, 0.3) is 0 Å². The second kappa shape index (κ2) is 8.08. The number of phenols is 1. The first kappa shape index (κ1) is 19.4. The molecule has 26 heavy (non-hydrogen) atoms. The highest BCUT2D eigenvalue weighted by Crippen LogP contribution is 2.35. The lowest BCUT2D eigenvalue weighted by atomic mass is 9.81. The molecule has 1 saturated heterocycles. The summed E-state index contributed by atoms with van der Waals surface area (Å²) in [4.78, 5) is 0. The van der Waals surface area contributed by atoms with Gasteiger partial charge in [0, 0.05) is 11.0 Å². The molecule has 1 aliphatic heterocycles. The maximum absolute atomic E-state index is 10.3. The number of aliphatic hydroxyl groups is 4. The average Bonchev–Trinajstić information content (AvgIpc) is 2.64. The Morgan fingerprint density at radius 1 is 1.04 bits per heavy atom. The van der Waals surface area contributed by atoms with E-state index in [-0.39, 0.29) is 11.7 Å². The number of phenolic OH excluding ortho intramolecular Hbond substituents is 1. The van der Waals surface area contributed by atoms with Gasteiger partial charge in [-0.3, -0.25) is 0 Å². The van der Waals surface area contributed by atoms with E-state index in [0.29, 0.717) is 17.9 Å². The molecule has 1 aromatic carbocycles. The minimum Gasteiger partial charge on any atom is -0.508 e. The average molecular weight is 383 g/mol. The van der Waals surface area contributed by atoms with E-state index in [9.17, 15) is 25.5 Å². The molecule has 5 N–H and O–H groups in total. The molecule has 1 fully saturated rings. The summed E-state index contributed by atoms with van der Waals surface area (Å²) >= 11 is 6.32. The first-order valence-corrected chi connectivity index (χ1v) is 8.92. The first-order valence-electron chi connectivity index (χ1n) is 8.55. The fourth-order valence-electron chi connectivity index (χ4n) is 3.50. The number of aromatic hydroxyl groups is 1. The molecule has 6 nitrogen and oxygen atoms in total. The molecule has 1 aliphatic carbocycles. The molecule has 0 spiro atoms. The summed E-state index contributed by atoms with van der Waals surface area (Å²) in [6.07, 6.45) is -1.06. The number of halogens is 1. The van der Waals surface area contributed by atoms with Gasteiger partial charge in [-0.2, -0.15) is 0 Å². The Bertz CT molecular complexity index is 684. The van der Waals surface area contributed by atoms with Crippen molar-refractivity contribution in [3.05, 3.63) is 52.6 Å². The molecule has 0 amide bonds. The maximum Gasteiger partial charge on any atom is 0.115 e. The second-order valence-electron chi connectivity index (χ2n) is 6.82. The summed E-state index contributed by atoms with van der Waals surface area (Å²) in [5.41, 5.74) is 1.93. The van der Waals surface area contributed by atoms with Crippen molar-refractivity contribution in [3.8, 4) is 5.75 Å². The number of hydrogen-bond donors (Lipinski definition) is 5. The molecule has 0 aromatic heterocycles. The summed E-state index contributed by atoms with van der Waals surface area (Å²) in [6.45, 7) is -0.450. The van der Waals surface area contributed by atoms with Gasteiger partial charge in [-0.1, -0.05) is 29.8 Å². The minimum atomic E-state index is -1.39. The van der Waals surface area contributed by atoms with Gasteiger partial charge in [-0.25, -0.2) is 0 Å². The highest BCUT2D eigenvalue weighted by atomic mass is 35.5. The molecule has 0 bridgehead atoms. The van der Waals surface area contributed by atoms with Gasteiger partial charge >= 0.3 is 0 Å². The Morgan fingerprint density at radius 3 is 2.38 bits per heavy atom. The summed E-state index contributed by atoms with van der Waals surface area (Å²) < 4.78 is 5.66. The molecular formula is C19H23ClO6. The number of ether oxygens (including phenoxy) is 1. The van der Waals surface area contributed by atoms with Gasteiger partial charge in [0.2, 0.25) is 0 Å². The van der Waals surface area contributed by atoms with Gasteiger partial charge in [-0.05, 0) is 42.2 Å². The lowest BCUT2D eigenvalue weighted by molar-refractivity contribution is -0.237. The van der Waals surface area contributed by atoms with Crippen molar-refractivity contribution in [2.45, 2.75) is 43.4 Å². The van der Waals surface area contributed by atoms with Crippen LogP contribution in [-0.4, -0.2) is 62.7 Å². The van der Waals surface area contributed by atoms with Crippen LogP contribution < -0.4 is 0 Å². The summed E-state index contributed by atoms with van der Waals surface area (Å²) in [5, 5.41) is 49.6. The van der Waals surface area contributed by atoms with E-state index in [1.165, 1.54) is 0 Å². The second-order valence-corrected chi connectivity index (χ2v) is 7.22. The molecular weight excluding hydrogens is 360 g/mol. The van der Waals surface area contributed by atoms with E-state index in [1.807, 2.05) is 18.2 Å². The number of aliphatic hydroxyl groups excluding tert-OH is 4. The van der Waals surface area contributed by atoms with Crippen molar-refractivity contribution in [2.24, 2.45) is 5.92 Å². The number of allylic oxidation sites excluding steroid dienone is 3. The first-order chi connectivity index (χ1) is 12.4. The third kappa shape index (κ3) is 3.96. The van der Waals surface area contributed by atoms with Crippen LogP contribution in [0, 0.1) is 5.92 Å². The fourth-order valence-corrected chi connectivity index (χ4v) is 3.72. The van der Waals surface area contributed by atoms with E-state index in [4.69, 9.17) is 16.3 Å². The van der Waals surface area contributed by atoms with Crippen LogP contribution in [0.2, 0.25) is 0 Å². The van der Waals surface area contributed by atoms with Crippen molar-refractivity contribution in [1.82, 2.24) is 0 Å². The predicted octanol–water partition coefficient (Wildman–Crippen LogP) is 0.846. The quantitative estimate of drug-likeness (QED) is 0.528. The van der Waals surface area contributed by atoms with Crippen LogP contribution >= 0.6 is 11.6 Å². The van der Waals surface area contributed by atoms with E-state index >= 15 is 0 Å². The van der Waals surface area contributed by atoms with Crippen LogP contribution in [0.1, 0.15) is 12.0 Å². The number of rotatable bonds is 4. The molecule has 0 saturated carbocycles. The smallest absolute Gasteiger partial charge is 0.115 e. The lowest BCUT2D eigenvalue weighted by Crippen LogP contribution is -2.60. The summed E-state index contributed by atoms with van der Waals surface area (Å²) in [5.74, 6) is -0.0626. The SMILES string of the molecule is OCC1OC(C2C=CC(Cl)=C(Cc3ccc(O)cc3)C2)C(O)C(O)C1O. The molecule has 6 unspecified atom stereocenters. The van der Waals surface area contributed by atoms with Crippen molar-refractivity contribution in [1.29, 1.82) is 0 Å². The molecule has 142 valence electrons. The van der Waals surface area contributed by atoms with Gasteiger partial charge in [0.25, 0.3) is 0 Å². The number of benzene rings is 1. The van der Waals surface area contributed by atoms with Gasteiger partial charge in [-0.15, -0.1) is 0 Å². The zero-order valence-electron chi connectivity index (χ0n) is 14.1. The van der Waals surface area contributed by atoms with Crippen molar-refractivity contribution in [2.75, 3.05) is 6.61 Å². The third-order valence-electron chi connectivity index (χ3n) is 5.01. The van der Waals surface area contributed by atoms with Crippen LogP contribution in [0.4, 0.5) is 0 Å². The van der Waals surface area contributed by atoms with Crippen LogP contribution in [-0.2, 0) is 11.2 Å². The Morgan fingerprint density at radius 2 is 1.73 bits per heavy atom. The molecule has 3 rings (SSSR count). The normalized spacial score (nSPS) is 35.0. The van der Waals surface area contributed by atoms with Gasteiger partial charge in [0.1, 0.15) is 30.2 Å². The summed E-state index contributed by atoms with van der Waals surface area (Å²) in [6, 6.07) is 6.84. The highest BCUT2D eigenvalue weighted by Gasteiger charge is 2.46. The van der Waals surface area contributed by atoms with E-state index < -0.39 is 37.1 Å². The van der Waals surface area contributed by atoms with Crippen LogP contribution in [0.15, 0.2) is 47.0 Å². The zero-order valence-corrected chi connectivity index (χ0v) is 14.8. The monoisotopic (exact) mass is 382 g/mol. The van der Waals surface area contributed by atoms with Gasteiger partial charge < -0.3 is 30.3 Å². The summed E-state index contributed by atoms with van der Waals surface area (Å²) in [7, 11) is 0. The van der Waals surface area contributed by atoms with Gasteiger partial charge in [0.05, 0.1) is 12.7 Å². The van der Waals surface area contributed by atoms with Crippen LogP contribution in [0.3, 0.4) is 0 Å². The fraction of sp³-hybridized carbons (Fsp3) is 0.474. The third-order valence-corrected chi connectivity index (χ3v) is 5.41. The van der Waals surface area contributed by atoms with Gasteiger partial charge in [0.15, 0.2) is 0 Å². The highest BCUT2D eigenvalue weighted by molar-refractivity contribution is 6.31.